The van der Waals surface area contributed by atoms with E-state index in [4.69, 9.17) is 16.3 Å². The van der Waals surface area contributed by atoms with Gasteiger partial charge in [-0.2, -0.15) is 13.2 Å². The zero-order valence-corrected chi connectivity index (χ0v) is 13.6. The first-order valence-corrected chi connectivity index (χ1v) is 7.66. The Bertz CT molecular complexity index is 761. The van der Waals surface area contributed by atoms with Gasteiger partial charge >= 0.3 is 6.18 Å². The first-order chi connectivity index (χ1) is 12.1. The zero-order valence-electron chi connectivity index (χ0n) is 12.9. The van der Waals surface area contributed by atoms with Crippen molar-refractivity contribution in [3.8, 4) is 11.5 Å². The topological polar surface area (TPSA) is 41.5 Å². The second kappa shape index (κ2) is 8.05. The fourth-order valence-electron chi connectivity index (χ4n) is 1.91. The highest BCUT2D eigenvalue weighted by atomic mass is 35.5. The highest BCUT2D eigenvalue weighted by molar-refractivity contribution is 6.18. The van der Waals surface area contributed by atoms with Crippen molar-refractivity contribution in [1.82, 2.24) is 0 Å². The molecule has 0 saturated heterocycles. The molecule has 142 valence electrons. The maximum absolute atomic E-state index is 13.8. The summed E-state index contributed by atoms with van der Waals surface area (Å²) in [5.74, 6) is -6.10. The lowest BCUT2D eigenvalue weighted by molar-refractivity contribution is -0.138. The molecule has 0 aliphatic carbocycles. The molecule has 0 fully saturated rings. The maximum atomic E-state index is 13.8. The second-order valence-corrected chi connectivity index (χ2v) is 5.51. The molecule has 26 heavy (non-hydrogen) atoms. The summed E-state index contributed by atoms with van der Waals surface area (Å²) in [6.07, 6.45) is -5.84. The predicted octanol–water partition coefficient (Wildman–Crippen LogP) is 4.93. The Kier molecular flexibility index (Phi) is 6.25. The van der Waals surface area contributed by atoms with E-state index in [0.717, 1.165) is 12.1 Å². The number of benzene rings is 2. The van der Waals surface area contributed by atoms with Crippen molar-refractivity contribution < 1.29 is 36.2 Å². The summed E-state index contributed by atoms with van der Waals surface area (Å²) in [6.45, 7) is 0.0115. The average molecular weight is 400 g/mol. The van der Waals surface area contributed by atoms with E-state index in [2.05, 4.69) is 5.32 Å². The number of nitrogens with one attached hydrogen (secondary N) is 1. The number of ether oxygens (including phenoxy) is 1. The smallest absolute Gasteiger partial charge is 0.416 e. The van der Waals surface area contributed by atoms with Crippen molar-refractivity contribution in [1.29, 1.82) is 0 Å². The Morgan fingerprint density at radius 3 is 2.19 bits per heavy atom. The van der Waals surface area contributed by atoms with Crippen molar-refractivity contribution >= 4 is 17.3 Å². The van der Waals surface area contributed by atoms with Crippen LogP contribution in [0.3, 0.4) is 0 Å². The number of anilines is 1. The molecule has 2 aromatic carbocycles. The Labute approximate surface area is 149 Å². The fraction of sp³-hybridized carbons (Fsp3) is 0.250. The van der Waals surface area contributed by atoms with Gasteiger partial charge in [-0.3, -0.25) is 0 Å². The van der Waals surface area contributed by atoms with Gasteiger partial charge in [-0.05, 0) is 24.3 Å². The number of aliphatic hydroxyl groups excluding tert-OH is 1. The van der Waals surface area contributed by atoms with E-state index >= 15 is 0 Å². The Hall–Kier alpha value is -2.13. The molecule has 3 nitrogen and oxygen atoms in total. The Balaban J connectivity index is 2.28. The van der Waals surface area contributed by atoms with Gasteiger partial charge in [0.2, 0.25) is 0 Å². The first kappa shape index (κ1) is 20.2. The molecule has 1 unspecified atom stereocenters. The third-order valence-corrected chi connectivity index (χ3v) is 3.54. The van der Waals surface area contributed by atoms with Crippen molar-refractivity contribution in [3.05, 3.63) is 53.3 Å². The van der Waals surface area contributed by atoms with E-state index in [1.165, 1.54) is 6.07 Å². The number of alkyl halides is 4. The fourth-order valence-corrected chi connectivity index (χ4v) is 2.02. The molecule has 0 aliphatic rings. The number of hydrogen-bond donors (Lipinski definition) is 2. The summed E-state index contributed by atoms with van der Waals surface area (Å²) in [6, 6.07) is 3.32. The van der Waals surface area contributed by atoms with Crippen LogP contribution < -0.4 is 10.1 Å². The van der Waals surface area contributed by atoms with Crippen LogP contribution in [0.15, 0.2) is 30.3 Å². The van der Waals surface area contributed by atoms with Crippen LogP contribution in [0.4, 0.5) is 32.0 Å². The van der Waals surface area contributed by atoms with Gasteiger partial charge in [0.15, 0.2) is 29.0 Å². The van der Waals surface area contributed by atoms with Gasteiger partial charge in [0.25, 0.3) is 0 Å². The van der Waals surface area contributed by atoms with Crippen molar-refractivity contribution in [2.45, 2.75) is 12.3 Å². The lowest BCUT2D eigenvalue weighted by Gasteiger charge is -2.14. The first-order valence-electron chi connectivity index (χ1n) is 7.13. The summed E-state index contributed by atoms with van der Waals surface area (Å²) in [5.41, 5.74) is -1.30. The van der Waals surface area contributed by atoms with Crippen LogP contribution >= 0.6 is 11.6 Å². The van der Waals surface area contributed by atoms with Crippen LogP contribution in [-0.2, 0) is 6.18 Å². The van der Waals surface area contributed by atoms with Gasteiger partial charge in [0.05, 0.1) is 17.5 Å². The highest BCUT2D eigenvalue weighted by Crippen LogP contribution is 2.36. The Morgan fingerprint density at radius 1 is 1.04 bits per heavy atom. The van der Waals surface area contributed by atoms with Crippen LogP contribution in [0.25, 0.3) is 0 Å². The molecule has 0 bridgehead atoms. The predicted molar refractivity (Wildman–Crippen MR) is 83.1 cm³/mol. The molecule has 2 aromatic rings. The number of aliphatic hydroxyl groups is 1. The van der Waals surface area contributed by atoms with E-state index in [0.29, 0.717) is 0 Å². The molecular formula is C16H12ClF6NO2. The van der Waals surface area contributed by atoms with Crippen LogP contribution in [0, 0.1) is 17.5 Å². The molecule has 0 heterocycles. The SMILES string of the molecule is OC(CCl)CNc1ccc(F)c(Oc2c(F)cc(C(F)(F)F)cc2F)c1. The molecule has 10 heteroatoms. The van der Waals surface area contributed by atoms with Gasteiger partial charge in [0, 0.05) is 18.3 Å². The largest absolute Gasteiger partial charge is 0.448 e. The van der Waals surface area contributed by atoms with E-state index < -0.39 is 46.8 Å². The number of rotatable bonds is 6. The summed E-state index contributed by atoms with van der Waals surface area (Å²) < 4.78 is 83.8. The zero-order chi connectivity index (χ0) is 19.5. The molecule has 0 aromatic heterocycles. The molecule has 1 atom stereocenters. The molecule has 0 spiro atoms. The lowest BCUT2D eigenvalue weighted by atomic mass is 10.2. The molecule has 0 amide bonds. The minimum absolute atomic E-state index is 0.0115. The van der Waals surface area contributed by atoms with Gasteiger partial charge < -0.3 is 15.2 Å². The Morgan fingerprint density at radius 2 is 1.65 bits per heavy atom. The molecule has 2 N–H and O–H groups in total. The van der Waals surface area contributed by atoms with Crippen LogP contribution in [0.2, 0.25) is 0 Å². The summed E-state index contributed by atoms with van der Waals surface area (Å²) in [4.78, 5) is 0. The quantitative estimate of drug-likeness (QED) is 0.535. The van der Waals surface area contributed by atoms with Gasteiger partial charge in [0.1, 0.15) is 0 Å². The van der Waals surface area contributed by atoms with Crippen molar-refractivity contribution in [3.63, 3.8) is 0 Å². The van der Waals surface area contributed by atoms with Gasteiger partial charge in [-0.1, -0.05) is 0 Å². The van der Waals surface area contributed by atoms with E-state index in [-0.39, 0.29) is 30.2 Å². The van der Waals surface area contributed by atoms with E-state index in [1.54, 1.807) is 0 Å². The van der Waals surface area contributed by atoms with Crippen molar-refractivity contribution in [2.24, 2.45) is 0 Å². The van der Waals surface area contributed by atoms with Crippen LogP contribution in [0.1, 0.15) is 5.56 Å². The minimum Gasteiger partial charge on any atom is -0.448 e. The summed E-state index contributed by atoms with van der Waals surface area (Å²) >= 11 is 5.42. The number of hydrogen-bond acceptors (Lipinski definition) is 3. The summed E-state index contributed by atoms with van der Waals surface area (Å²) in [7, 11) is 0. The van der Waals surface area contributed by atoms with Crippen LogP contribution in [0.5, 0.6) is 11.5 Å². The molecule has 0 radical (unpaired) electrons. The third kappa shape index (κ3) is 4.95. The summed E-state index contributed by atoms with van der Waals surface area (Å²) in [5, 5.41) is 12.0. The molecule has 0 aliphatic heterocycles. The van der Waals surface area contributed by atoms with E-state index in [1.807, 2.05) is 0 Å². The maximum Gasteiger partial charge on any atom is 0.416 e. The normalized spacial score (nSPS) is 12.8. The molecular weight excluding hydrogens is 388 g/mol. The molecule has 0 saturated carbocycles. The van der Waals surface area contributed by atoms with E-state index in [9.17, 15) is 31.4 Å². The number of halogens is 7. The molecule has 2 rings (SSSR count). The standard InChI is InChI=1S/C16H12ClF6NO2/c17-6-10(25)7-24-9-1-2-11(18)14(5-9)26-15-12(19)3-8(4-13(15)20)16(21,22)23/h1-5,10,24-25H,6-7H2. The lowest BCUT2D eigenvalue weighted by Crippen LogP contribution is -2.20. The monoisotopic (exact) mass is 399 g/mol. The van der Waals surface area contributed by atoms with Crippen LogP contribution in [-0.4, -0.2) is 23.6 Å². The van der Waals surface area contributed by atoms with Gasteiger partial charge in [-0.15, -0.1) is 11.6 Å². The van der Waals surface area contributed by atoms with Crippen molar-refractivity contribution in [2.75, 3.05) is 17.7 Å². The second-order valence-electron chi connectivity index (χ2n) is 5.20. The minimum atomic E-state index is -4.95. The average Bonchev–Trinajstić information content (AvgIpc) is 2.56. The van der Waals surface area contributed by atoms with Gasteiger partial charge in [-0.25, -0.2) is 13.2 Å². The highest BCUT2D eigenvalue weighted by Gasteiger charge is 2.33. The third-order valence-electron chi connectivity index (χ3n) is 3.19.